The molecule has 1 saturated heterocycles. The van der Waals surface area contributed by atoms with Crippen LogP contribution in [0.3, 0.4) is 0 Å². The first-order valence-electron chi connectivity index (χ1n) is 7.24. The summed E-state index contributed by atoms with van der Waals surface area (Å²) in [5, 5.41) is 0. The highest BCUT2D eigenvalue weighted by Crippen LogP contribution is 2.32. The summed E-state index contributed by atoms with van der Waals surface area (Å²) in [6.45, 7) is 2.73. The van der Waals surface area contributed by atoms with Gasteiger partial charge in [-0.2, -0.15) is 0 Å². The van der Waals surface area contributed by atoms with Gasteiger partial charge in [-0.15, -0.1) is 0 Å². The molecule has 2 aliphatic rings. The molecular weight excluding hydrogens is 212 g/mol. The van der Waals surface area contributed by atoms with Crippen molar-refractivity contribution in [3.05, 3.63) is 0 Å². The predicted octanol–water partition coefficient (Wildman–Crippen LogP) is 2.29. The second kappa shape index (κ2) is 5.85. The average molecular weight is 238 g/mol. The monoisotopic (exact) mass is 238 g/mol. The first-order valence-corrected chi connectivity index (χ1v) is 7.24. The van der Waals surface area contributed by atoms with Crippen LogP contribution in [0, 0.1) is 5.92 Å². The van der Waals surface area contributed by atoms with E-state index in [9.17, 15) is 4.79 Å². The molecule has 0 aromatic carbocycles. The zero-order valence-electron chi connectivity index (χ0n) is 11.0. The number of nitrogens with zero attached hydrogens (tertiary/aromatic N) is 1. The van der Waals surface area contributed by atoms with E-state index in [0.717, 1.165) is 18.9 Å². The van der Waals surface area contributed by atoms with Crippen LogP contribution in [0.15, 0.2) is 0 Å². The van der Waals surface area contributed by atoms with E-state index in [4.69, 9.17) is 5.73 Å². The molecule has 3 nitrogen and oxygen atoms in total. The number of rotatable bonds is 3. The third-order valence-corrected chi connectivity index (χ3v) is 4.38. The van der Waals surface area contributed by atoms with Crippen LogP contribution >= 0.6 is 0 Å². The fourth-order valence-corrected chi connectivity index (χ4v) is 3.44. The maximum atomic E-state index is 12.0. The van der Waals surface area contributed by atoms with E-state index in [-0.39, 0.29) is 11.9 Å². The van der Waals surface area contributed by atoms with Gasteiger partial charge in [0.1, 0.15) is 0 Å². The van der Waals surface area contributed by atoms with Crippen LogP contribution in [0.1, 0.15) is 58.3 Å². The van der Waals surface area contributed by atoms with E-state index < -0.39 is 0 Å². The summed E-state index contributed by atoms with van der Waals surface area (Å²) < 4.78 is 0. The molecule has 17 heavy (non-hydrogen) atoms. The summed E-state index contributed by atoms with van der Waals surface area (Å²) in [6.07, 6.45) is 10.5. The Morgan fingerprint density at radius 2 is 1.94 bits per heavy atom. The average Bonchev–Trinajstić information content (AvgIpc) is 2.77. The molecule has 2 fully saturated rings. The van der Waals surface area contributed by atoms with Gasteiger partial charge in [0.25, 0.3) is 0 Å². The fourth-order valence-electron chi connectivity index (χ4n) is 3.44. The van der Waals surface area contributed by atoms with E-state index in [0.29, 0.717) is 6.04 Å². The second-order valence-electron chi connectivity index (χ2n) is 5.86. The number of nitrogens with two attached hydrogens (primary N) is 1. The molecule has 1 amide bonds. The number of amides is 1. The van der Waals surface area contributed by atoms with Gasteiger partial charge in [-0.05, 0) is 32.1 Å². The molecule has 1 saturated carbocycles. The van der Waals surface area contributed by atoms with Gasteiger partial charge < -0.3 is 10.6 Å². The Bertz CT molecular complexity index is 259. The minimum atomic E-state index is -0.332. The molecule has 0 aromatic rings. The number of carbonyl (C=O) groups excluding carboxylic acids is 1. The van der Waals surface area contributed by atoms with Crippen molar-refractivity contribution in [3.8, 4) is 0 Å². The molecule has 0 spiro atoms. The highest BCUT2D eigenvalue weighted by Gasteiger charge is 2.32. The highest BCUT2D eigenvalue weighted by molar-refractivity contribution is 5.81. The van der Waals surface area contributed by atoms with E-state index >= 15 is 0 Å². The molecule has 0 radical (unpaired) electrons. The summed E-state index contributed by atoms with van der Waals surface area (Å²) >= 11 is 0. The van der Waals surface area contributed by atoms with Gasteiger partial charge in [-0.1, -0.05) is 32.1 Å². The Morgan fingerprint density at radius 3 is 2.59 bits per heavy atom. The summed E-state index contributed by atoms with van der Waals surface area (Å²) in [6, 6.07) is 0.151. The molecule has 2 N–H and O–H groups in total. The van der Waals surface area contributed by atoms with Crippen molar-refractivity contribution in [2.75, 3.05) is 6.54 Å². The lowest BCUT2D eigenvalue weighted by Gasteiger charge is -2.31. The maximum absolute atomic E-state index is 12.0. The second-order valence-corrected chi connectivity index (χ2v) is 5.86. The summed E-state index contributed by atoms with van der Waals surface area (Å²) in [4.78, 5) is 14.1. The minimum absolute atomic E-state index is 0.156. The van der Waals surface area contributed by atoms with E-state index in [1.807, 2.05) is 0 Å². The number of likely N-dealkylation sites (tertiary alicyclic amines) is 1. The smallest absolute Gasteiger partial charge is 0.239 e. The zero-order valence-corrected chi connectivity index (χ0v) is 11.0. The van der Waals surface area contributed by atoms with Crippen molar-refractivity contribution in [1.82, 2.24) is 4.90 Å². The summed E-state index contributed by atoms with van der Waals surface area (Å²) in [5.41, 5.74) is 5.72. The van der Waals surface area contributed by atoms with Crippen molar-refractivity contribution in [2.45, 2.75) is 70.4 Å². The molecule has 2 rings (SSSR count). The van der Waals surface area contributed by atoms with E-state index in [1.54, 1.807) is 6.92 Å². The highest BCUT2D eigenvalue weighted by atomic mass is 16.2. The predicted molar refractivity (Wildman–Crippen MR) is 69.6 cm³/mol. The van der Waals surface area contributed by atoms with Crippen LogP contribution in [0.5, 0.6) is 0 Å². The molecule has 98 valence electrons. The van der Waals surface area contributed by atoms with Crippen LogP contribution in [0.25, 0.3) is 0 Å². The van der Waals surface area contributed by atoms with Crippen LogP contribution in [0.4, 0.5) is 0 Å². The van der Waals surface area contributed by atoms with Crippen LogP contribution in [-0.4, -0.2) is 29.4 Å². The molecule has 1 heterocycles. The molecule has 1 unspecified atom stereocenters. The van der Waals surface area contributed by atoms with Crippen LogP contribution in [0.2, 0.25) is 0 Å². The lowest BCUT2D eigenvalue weighted by Crippen LogP contribution is -2.45. The topological polar surface area (TPSA) is 46.3 Å². The van der Waals surface area contributed by atoms with Crippen LogP contribution in [-0.2, 0) is 4.79 Å². The Hall–Kier alpha value is -0.570. The maximum Gasteiger partial charge on any atom is 0.239 e. The standard InChI is InChI=1S/C14H26N2O/c1-11(15)14(17)16-9-5-8-13(16)10-12-6-3-2-4-7-12/h11-13H,2-10,15H2,1H3/t11-,13?/m1/s1. The SMILES string of the molecule is C[C@@H](N)C(=O)N1CCCC1CC1CCCCC1. The third-order valence-electron chi connectivity index (χ3n) is 4.38. The normalized spacial score (nSPS) is 28.4. The van der Waals surface area contributed by atoms with Crippen molar-refractivity contribution in [3.63, 3.8) is 0 Å². The quantitative estimate of drug-likeness (QED) is 0.820. The number of hydrogen-bond donors (Lipinski definition) is 1. The molecule has 2 atom stereocenters. The first kappa shape index (κ1) is 12.9. The van der Waals surface area contributed by atoms with Crippen molar-refractivity contribution >= 4 is 5.91 Å². The van der Waals surface area contributed by atoms with Gasteiger partial charge in [-0.25, -0.2) is 0 Å². The van der Waals surface area contributed by atoms with Crippen molar-refractivity contribution in [1.29, 1.82) is 0 Å². The minimum Gasteiger partial charge on any atom is -0.338 e. The van der Waals surface area contributed by atoms with Gasteiger partial charge in [-0.3, -0.25) is 4.79 Å². The lowest BCUT2D eigenvalue weighted by molar-refractivity contribution is -0.133. The molecule has 0 aromatic heterocycles. The molecule has 1 aliphatic heterocycles. The Labute approximate surface area is 105 Å². The van der Waals surface area contributed by atoms with Crippen LogP contribution < -0.4 is 5.73 Å². The van der Waals surface area contributed by atoms with Gasteiger partial charge in [0.2, 0.25) is 5.91 Å². The molecular formula is C14H26N2O. The van der Waals surface area contributed by atoms with Gasteiger partial charge >= 0.3 is 0 Å². The fraction of sp³-hybridized carbons (Fsp3) is 0.929. The Balaban J connectivity index is 1.88. The summed E-state index contributed by atoms with van der Waals surface area (Å²) in [5.74, 6) is 1.01. The molecule has 1 aliphatic carbocycles. The lowest BCUT2D eigenvalue weighted by atomic mass is 9.84. The molecule has 0 bridgehead atoms. The Kier molecular flexibility index (Phi) is 4.43. The van der Waals surface area contributed by atoms with E-state index in [1.165, 1.54) is 44.9 Å². The van der Waals surface area contributed by atoms with Gasteiger partial charge in [0.05, 0.1) is 6.04 Å². The Morgan fingerprint density at radius 1 is 1.24 bits per heavy atom. The van der Waals surface area contributed by atoms with Crippen molar-refractivity contribution < 1.29 is 4.79 Å². The van der Waals surface area contributed by atoms with Crippen molar-refractivity contribution in [2.24, 2.45) is 11.7 Å². The summed E-state index contributed by atoms with van der Waals surface area (Å²) in [7, 11) is 0. The first-order chi connectivity index (χ1) is 8.18. The largest absolute Gasteiger partial charge is 0.338 e. The zero-order chi connectivity index (χ0) is 12.3. The van der Waals surface area contributed by atoms with Gasteiger partial charge in [0, 0.05) is 12.6 Å². The number of carbonyl (C=O) groups is 1. The van der Waals surface area contributed by atoms with E-state index in [2.05, 4.69) is 4.90 Å². The molecule has 3 heteroatoms. The van der Waals surface area contributed by atoms with Gasteiger partial charge in [0.15, 0.2) is 0 Å². The number of hydrogen-bond acceptors (Lipinski definition) is 2. The third kappa shape index (κ3) is 3.21.